The molecule has 108 valence electrons. The number of aliphatic hydroxyl groups is 3. The molecule has 0 aliphatic heterocycles. The first kappa shape index (κ1) is 17.3. The second-order valence-corrected chi connectivity index (χ2v) is 3.62. The Balaban J connectivity index is 3.99. The molecule has 0 aromatic rings. The minimum Gasteiger partial charge on any atom is -0.462 e. The summed E-state index contributed by atoms with van der Waals surface area (Å²) in [6.07, 6.45) is -2.51. The molecule has 0 heterocycles. The highest BCUT2D eigenvalue weighted by Crippen LogP contribution is 2.05. The fourth-order valence-electron chi connectivity index (χ4n) is 1.09. The van der Waals surface area contributed by atoms with Gasteiger partial charge in [-0.3, -0.25) is 0 Å². The SMILES string of the molecule is C=CC(=O)OCC[C@@H](O)[C@H](O)[C@@H](O)COC(=O)C=C. The number of hydrogen-bond donors (Lipinski definition) is 3. The van der Waals surface area contributed by atoms with Crippen molar-refractivity contribution in [2.45, 2.75) is 24.7 Å². The van der Waals surface area contributed by atoms with E-state index in [1.54, 1.807) is 0 Å². The fourth-order valence-corrected chi connectivity index (χ4v) is 1.09. The fraction of sp³-hybridized carbons (Fsp3) is 0.500. The Morgan fingerprint density at radius 1 is 1.00 bits per heavy atom. The molecule has 0 spiro atoms. The van der Waals surface area contributed by atoms with Crippen LogP contribution in [0.3, 0.4) is 0 Å². The van der Waals surface area contributed by atoms with Crippen LogP contribution in [0.4, 0.5) is 0 Å². The quantitative estimate of drug-likeness (QED) is 0.362. The summed E-state index contributed by atoms with van der Waals surface area (Å²) in [7, 11) is 0. The summed E-state index contributed by atoms with van der Waals surface area (Å²) >= 11 is 0. The molecule has 0 radical (unpaired) electrons. The van der Waals surface area contributed by atoms with Crippen molar-refractivity contribution in [2.75, 3.05) is 13.2 Å². The van der Waals surface area contributed by atoms with E-state index >= 15 is 0 Å². The molecule has 3 N–H and O–H groups in total. The smallest absolute Gasteiger partial charge is 0.330 e. The van der Waals surface area contributed by atoms with Crippen molar-refractivity contribution in [3.05, 3.63) is 25.3 Å². The Kier molecular flexibility index (Phi) is 8.43. The van der Waals surface area contributed by atoms with Crippen molar-refractivity contribution in [3.8, 4) is 0 Å². The minimum atomic E-state index is -1.53. The van der Waals surface area contributed by atoms with Gasteiger partial charge in [-0.1, -0.05) is 13.2 Å². The first-order valence-corrected chi connectivity index (χ1v) is 5.55. The van der Waals surface area contributed by atoms with Crippen LogP contribution in [0.2, 0.25) is 0 Å². The van der Waals surface area contributed by atoms with E-state index in [4.69, 9.17) is 0 Å². The number of esters is 2. The molecule has 0 saturated heterocycles. The van der Waals surface area contributed by atoms with Gasteiger partial charge in [0.05, 0.1) is 12.7 Å². The third-order valence-corrected chi connectivity index (χ3v) is 2.18. The number of carbonyl (C=O) groups excluding carboxylic acids is 2. The number of rotatable bonds is 9. The van der Waals surface area contributed by atoms with E-state index in [1.165, 1.54) is 0 Å². The van der Waals surface area contributed by atoms with Crippen molar-refractivity contribution >= 4 is 11.9 Å². The molecule has 0 saturated carbocycles. The van der Waals surface area contributed by atoms with E-state index in [2.05, 4.69) is 22.6 Å². The van der Waals surface area contributed by atoms with Gasteiger partial charge in [0.25, 0.3) is 0 Å². The Morgan fingerprint density at radius 3 is 2.05 bits per heavy atom. The first-order chi connectivity index (χ1) is 8.92. The van der Waals surface area contributed by atoms with Crippen LogP contribution >= 0.6 is 0 Å². The molecule has 7 nitrogen and oxygen atoms in total. The predicted octanol–water partition coefficient (Wildman–Crippen LogP) is -1.08. The van der Waals surface area contributed by atoms with Crippen LogP contribution in [0.15, 0.2) is 25.3 Å². The van der Waals surface area contributed by atoms with Crippen molar-refractivity contribution < 1.29 is 34.4 Å². The van der Waals surface area contributed by atoms with Gasteiger partial charge in [-0.05, 0) is 0 Å². The third kappa shape index (κ3) is 7.35. The number of carbonyl (C=O) groups is 2. The number of aliphatic hydroxyl groups excluding tert-OH is 3. The Bertz CT molecular complexity index is 326. The van der Waals surface area contributed by atoms with Crippen LogP contribution in [0.5, 0.6) is 0 Å². The molecular formula is C12H18O7. The van der Waals surface area contributed by atoms with Crippen molar-refractivity contribution in [2.24, 2.45) is 0 Å². The van der Waals surface area contributed by atoms with Crippen molar-refractivity contribution in [3.63, 3.8) is 0 Å². The van der Waals surface area contributed by atoms with E-state index in [9.17, 15) is 24.9 Å². The van der Waals surface area contributed by atoms with Gasteiger partial charge < -0.3 is 24.8 Å². The molecule has 0 aromatic heterocycles. The lowest BCUT2D eigenvalue weighted by Crippen LogP contribution is -2.41. The summed E-state index contributed by atoms with van der Waals surface area (Å²) in [5, 5.41) is 28.5. The Morgan fingerprint density at radius 2 is 1.53 bits per heavy atom. The maximum Gasteiger partial charge on any atom is 0.330 e. The summed E-state index contributed by atoms with van der Waals surface area (Å²) in [6, 6.07) is 0. The lowest BCUT2D eigenvalue weighted by Gasteiger charge is -2.22. The molecule has 0 rings (SSSR count). The van der Waals surface area contributed by atoms with E-state index in [1.807, 2.05) is 0 Å². The monoisotopic (exact) mass is 274 g/mol. The second kappa shape index (κ2) is 9.26. The van der Waals surface area contributed by atoms with E-state index in [-0.39, 0.29) is 13.0 Å². The van der Waals surface area contributed by atoms with E-state index in [0.29, 0.717) is 0 Å². The van der Waals surface area contributed by atoms with Crippen LogP contribution in [0.1, 0.15) is 6.42 Å². The molecule has 0 unspecified atom stereocenters. The molecular weight excluding hydrogens is 256 g/mol. The highest BCUT2D eigenvalue weighted by atomic mass is 16.5. The molecule has 0 amide bonds. The molecule has 3 atom stereocenters. The Labute approximate surface area is 110 Å². The topological polar surface area (TPSA) is 113 Å². The molecule has 0 bridgehead atoms. The van der Waals surface area contributed by atoms with Gasteiger partial charge >= 0.3 is 11.9 Å². The molecule has 7 heteroatoms. The zero-order chi connectivity index (χ0) is 14.8. The standard InChI is InChI=1S/C12H18O7/c1-3-10(15)18-6-5-8(13)12(17)9(14)7-19-11(16)4-2/h3-4,8-9,12-14,17H,1-2,5-7H2/t8-,9+,12+/m1/s1. The van der Waals surface area contributed by atoms with Gasteiger partial charge in [0.15, 0.2) is 0 Å². The van der Waals surface area contributed by atoms with Gasteiger partial charge in [0.1, 0.15) is 18.8 Å². The van der Waals surface area contributed by atoms with E-state index in [0.717, 1.165) is 12.2 Å². The van der Waals surface area contributed by atoms with Crippen LogP contribution in [0, 0.1) is 0 Å². The highest BCUT2D eigenvalue weighted by Gasteiger charge is 2.25. The maximum atomic E-state index is 10.7. The predicted molar refractivity (Wildman–Crippen MR) is 64.9 cm³/mol. The molecule has 0 aliphatic rings. The average Bonchev–Trinajstić information content (AvgIpc) is 2.42. The van der Waals surface area contributed by atoms with Gasteiger partial charge in [0.2, 0.25) is 0 Å². The van der Waals surface area contributed by atoms with Crippen molar-refractivity contribution in [1.82, 2.24) is 0 Å². The van der Waals surface area contributed by atoms with Crippen LogP contribution < -0.4 is 0 Å². The maximum absolute atomic E-state index is 10.7. The lowest BCUT2D eigenvalue weighted by atomic mass is 10.1. The zero-order valence-electron chi connectivity index (χ0n) is 10.4. The third-order valence-electron chi connectivity index (χ3n) is 2.18. The Hall–Kier alpha value is -1.70. The van der Waals surface area contributed by atoms with E-state index < -0.39 is 36.9 Å². The number of hydrogen-bond acceptors (Lipinski definition) is 7. The molecule has 0 aromatic carbocycles. The van der Waals surface area contributed by atoms with Crippen LogP contribution in [-0.2, 0) is 19.1 Å². The van der Waals surface area contributed by atoms with Gasteiger partial charge in [-0.15, -0.1) is 0 Å². The normalized spacial score (nSPS) is 14.9. The lowest BCUT2D eigenvalue weighted by molar-refractivity contribution is -0.147. The summed E-state index contributed by atoms with van der Waals surface area (Å²) in [6.45, 7) is 5.73. The number of ether oxygens (including phenoxy) is 2. The first-order valence-electron chi connectivity index (χ1n) is 5.55. The summed E-state index contributed by atoms with van der Waals surface area (Å²) in [5.74, 6) is -1.40. The van der Waals surface area contributed by atoms with Crippen LogP contribution in [0.25, 0.3) is 0 Å². The molecule has 0 aliphatic carbocycles. The second-order valence-electron chi connectivity index (χ2n) is 3.62. The van der Waals surface area contributed by atoms with Crippen LogP contribution in [-0.4, -0.2) is 58.8 Å². The largest absolute Gasteiger partial charge is 0.462 e. The summed E-state index contributed by atoms with van der Waals surface area (Å²) in [5.41, 5.74) is 0. The highest BCUT2D eigenvalue weighted by molar-refractivity contribution is 5.81. The summed E-state index contributed by atoms with van der Waals surface area (Å²) in [4.78, 5) is 21.4. The average molecular weight is 274 g/mol. The minimum absolute atomic E-state index is 0.0762. The molecule has 19 heavy (non-hydrogen) atoms. The van der Waals surface area contributed by atoms with Gasteiger partial charge in [-0.2, -0.15) is 0 Å². The van der Waals surface area contributed by atoms with Crippen molar-refractivity contribution in [1.29, 1.82) is 0 Å². The van der Waals surface area contributed by atoms with Gasteiger partial charge in [-0.25, -0.2) is 9.59 Å². The summed E-state index contributed by atoms with van der Waals surface area (Å²) < 4.78 is 9.11. The zero-order valence-corrected chi connectivity index (χ0v) is 10.4. The molecule has 0 fully saturated rings. The van der Waals surface area contributed by atoms with Gasteiger partial charge in [0, 0.05) is 18.6 Å².